The highest BCUT2D eigenvalue weighted by atomic mass is 15.2. The van der Waals surface area contributed by atoms with Gasteiger partial charge in [-0.05, 0) is 45.4 Å². The van der Waals surface area contributed by atoms with Crippen molar-refractivity contribution in [3.05, 3.63) is 0 Å². The fourth-order valence-corrected chi connectivity index (χ4v) is 2.39. The van der Waals surface area contributed by atoms with E-state index < -0.39 is 0 Å². The summed E-state index contributed by atoms with van der Waals surface area (Å²) in [6.45, 7) is 7.31. The first-order valence-electron chi connectivity index (χ1n) is 5.77. The monoisotopic (exact) mass is 194 g/mol. The molecule has 0 saturated heterocycles. The van der Waals surface area contributed by atoms with E-state index in [1.807, 2.05) is 0 Å². The summed E-state index contributed by atoms with van der Waals surface area (Å²) in [5.41, 5.74) is 0. The average molecular weight is 194 g/mol. The second-order valence-corrected chi connectivity index (χ2v) is 4.84. The Hall–Kier alpha value is -0.550. The van der Waals surface area contributed by atoms with Crippen molar-refractivity contribution in [2.75, 3.05) is 6.54 Å². The van der Waals surface area contributed by atoms with Gasteiger partial charge in [0.25, 0.3) is 0 Å². The number of nitrogens with zero attached hydrogens (tertiary/aromatic N) is 2. The van der Waals surface area contributed by atoms with Crippen LogP contribution in [-0.4, -0.2) is 23.5 Å². The van der Waals surface area contributed by atoms with Crippen molar-refractivity contribution in [1.82, 2.24) is 4.90 Å². The Morgan fingerprint density at radius 1 is 1.29 bits per heavy atom. The van der Waals surface area contributed by atoms with Crippen LogP contribution in [-0.2, 0) is 0 Å². The van der Waals surface area contributed by atoms with E-state index in [-0.39, 0.29) is 0 Å². The van der Waals surface area contributed by atoms with Gasteiger partial charge in [-0.2, -0.15) is 5.26 Å². The minimum absolute atomic E-state index is 0.507. The van der Waals surface area contributed by atoms with Gasteiger partial charge in [0.1, 0.15) is 0 Å². The smallest absolute Gasteiger partial charge is 0.0870 e. The van der Waals surface area contributed by atoms with Crippen LogP contribution < -0.4 is 0 Å². The first-order valence-corrected chi connectivity index (χ1v) is 5.77. The summed E-state index contributed by atoms with van der Waals surface area (Å²) in [4.78, 5) is 2.35. The van der Waals surface area contributed by atoms with E-state index in [0.717, 1.165) is 5.92 Å². The molecule has 0 N–H and O–H groups in total. The molecule has 1 aliphatic rings. The lowest BCUT2D eigenvalue weighted by molar-refractivity contribution is 0.124. The van der Waals surface area contributed by atoms with Crippen LogP contribution in [0.2, 0.25) is 0 Å². The van der Waals surface area contributed by atoms with E-state index in [1.165, 1.54) is 25.7 Å². The van der Waals surface area contributed by atoms with E-state index >= 15 is 0 Å². The van der Waals surface area contributed by atoms with Crippen LogP contribution in [0, 0.1) is 17.2 Å². The van der Waals surface area contributed by atoms with Gasteiger partial charge in [-0.1, -0.05) is 6.92 Å². The quantitative estimate of drug-likeness (QED) is 0.646. The van der Waals surface area contributed by atoms with Gasteiger partial charge in [0.05, 0.1) is 12.6 Å². The fraction of sp³-hybridized carbons (Fsp3) is 0.917. The number of rotatable bonds is 3. The SMILES string of the molecule is CC1CCC(N(CC#N)C(C)C)CC1. The summed E-state index contributed by atoms with van der Waals surface area (Å²) in [5.74, 6) is 0.891. The lowest BCUT2D eigenvalue weighted by Gasteiger charge is -2.37. The van der Waals surface area contributed by atoms with Crippen LogP contribution in [0.15, 0.2) is 0 Å². The number of hydrogen-bond acceptors (Lipinski definition) is 2. The summed E-state index contributed by atoms with van der Waals surface area (Å²) >= 11 is 0. The highest BCUT2D eigenvalue weighted by Crippen LogP contribution is 2.27. The zero-order valence-electron chi connectivity index (χ0n) is 9.66. The van der Waals surface area contributed by atoms with Crippen LogP contribution in [0.3, 0.4) is 0 Å². The van der Waals surface area contributed by atoms with Crippen molar-refractivity contribution in [3.63, 3.8) is 0 Å². The van der Waals surface area contributed by atoms with Crippen LogP contribution in [0.4, 0.5) is 0 Å². The predicted octanol–water partition coefficient (Wildman–Crippen LogP) is 2.80. The van der Waals surface area contributed by atoms with Gasteiger partial charge in [-0.15, -0.1) is 0 Å². The van der Waals surface area contributed by atoms with E-state index in [1.54, 1.807) is 0 Å². The van der Waals surface area contributed by atoms with Crippen molar-refractivity contribution >= 4 is 0 Å². The molecule has 0 unspecified atom stereocenters. The van der Waals surface area contributed by atoms with Gasteiger partial charge >= 0.3 is 0 Å². The van der Waals surface area contributed by atoms with Crippen LogP contribution in [0.5, 0.6) is 0 Å². The Balaban J connectivity index is 2.48. The van der Waals surface area contributed by atoms with Crippen LogP contribution in [0.25, 0.3) is 0 Å². The lowest BCUT2D eigenvalue weighted by atomic mass is 9.86. The molecule has 0 radical (unpaired) electrons. The highest BCUT2D eigenvalue weighted by molar-refractivity contribution is 4.86. The Bertz CT molecular complexity index is 197. The Morgan fingerprint density at radius 3 is 2.29 bits per heavy atom. The zero-order chi connectivity index (χ0) is 10.6. The molecule has 0 aromatic carbocycles. The average Bonchev–Trinajstić information content (AvgIpc) is 2.15. The molecule has 0 aromatic rings. The molecule has 1 fully saturated rings. The molecule has 0 aliphatic heterocycles. The molecule has 2 heteroatoms. The van der Waals surface area contributed by atoms with E-state index in [0.29, 0.717) is 18.6 Å². The fourth-order valence-electron chi connectivity index (χ4n) is 2.39. The first kappa shape index (κ1) is 11.5. The highest BCUT2D eigenvalue weighted by Gasteiger charge is 2.25. The standard InChI is InChI=1S/C12H22N2/c1-10(2)14(9-8-13)12-6-4-11(3)5-7-12/h10-12H,4-7,9H2,1-3H3. The molecule has 1 rings (SSSR count). The van der Waals surface area contributed by atoms with Crippen molar-refractivity contribution in [3.8, 4) is 6.07 Å². The molecular weight excluding hydrogens is 172 g/mol. The summed E-state index contributed by atoms with van der Waals surface area (Å²) < 4.78 is 0. The van der Waals surface area contributed by atoms with E-state index in [9.17, 15) is 0 Å². The largest absolute Gasteiger partial charge is 0.285 e. The third kappa shape index (κ3) is 2.99. The lowest BCUT2D eigenvalue weighted by Crippen LogP contribution is -2.42. The minimum atomic E-state index is 0.507. The van der Waals surface area contributed by atoms with Crippen molar-refractivity contribution in [1.29, 1.82) is 5.26 Å². The molecule has 1 aliphatic carbocycles. The molecule has 0 atom stereocenters. The van der Waals surface area contributed by atoms with Crippen LogP contribution >= 0.6 is 0 Å². The molecule has 14 heavy (non-hydrogen) atoms. The summed E-state index contributed by atoms with van der Waals surface area (Å²) in [7, 11) is 0. The Kier molecular flexibility index (Phi) is 4.41. The van der Waals surface area contributed by atoms with Gasteiger partial charge in [-0.3, -0.25) is 4.90 Å². The summed E-state index contributed by atoms with van der Waals surface area (Å²) in [6, 6.07) is 3.45. The first-order chi connectivity index (χ1) is 6.65. The maximum atomic E-state index is 8.78. The number of nitriles is 1. The van der Waals surface area contributed by atoms with Crippen molar-refractivity contribution < 1.29 is 0 Å². The number of hydrogen-bond donors (Lipinski definition) is 0. The summed E-state index contributed by atoms with van der Waals surface area (Å²) in [5, 5.41) is 8.78. The second kappa shape index (κ2) is 5.36. The Labute approximate surface area is 87.9 Å². The van der Waals surface area contributed by atoms with E-state index in [4.69, 9.17) is 5.26 Å². The molecular formula is C12H22N2. The topological polar surface area (TPSA) is 27.0 Å². The molecule has 80 valence electrons. The third-order valence-corrected chi connectivity index (χ3v) is 3.37. The second-order valence-electron chi connectivity index (χ2n) is 4.84. The van der Waals surface area contributed by atoms with Gasteiger partial charge < -0.3 is 0 Å². The minimum Gasteiger partial charge on any atom is -0.285 e. The van der Waals surface area contributed by atoms with Crippen molar-refractivity contribution in [2.24, 2.45) is 5.92 Å². The molecule has 0 bridgehead atoms. The molecule has 2 nitrogen and oxygen atoms in total. The molecule has 0 amide bonds. The molecule has 0 heterocycles. The molecule has 0 aromatic heterocycles. The molecule has 1 saturated carbocycles. The van der Waals surface area contributed by atoms with Crippen molar-refractivity contribution in [2.45, 2.75) is 58.5 Å². The van der Waals surface area contributed by atoms with Gasteiger partial charge in [0, 0.05) is 12.1 Å². The zero-order valence-corrected chi connectivity index (χ0v) is 9.66. The van der Waals surface area contributed by atoms with E-state index in [2.05, 4.69) is 31.7 Å². The molecule has 0 spiro atoms. The Morgan fingerprint density at radius 2 is 1.86 bits per heavy atom. The normalized spacial score (nSPS) is 28.0. The van der Waals surface area contributed by atoms with Gasteiger partial charge in [-0.25, -0.2) is 0 Å². The third-order valence-electron chi connectivity index (χ3n) is 3.37. The maximum Gasteiger partial charge on any atom is 0.0870 e. The summed E-state index contributed by atoms with van der Waals surface area (Å²) in [6.07, 6.45) is 5.22. The maximum absolute atomic E-state index is 8.78. The van der Waals surface area contributed by atoms with Gasteiger partial charge in [0.2, 0.25) is 0 Å². The van der Waals surface area contributed by atoms with Gasteiger partial charge in [0.15, 0.2) is 0 Å². The predicted molar refractivity (Wildman–Crippen MR) is 58.9 cm³/mol. The van der Waals surface area contributed by atoms with Crippen LogP contribution in [0.1, 0.15) is 46.5 Å².